The molecule has 0 aromatic heterocycles. The van der Waals surface area contributed by atoms with E-state index >= 15 is 0 Å². The van der Waals surface area contributed by atoms with Crippen LogP contribution in [0.15, 0.2) is 0 Å². The lowest BCUT2D eigenvalue weighted by Gasteiger charge is -2.32. The summed E-state index contributed by atoms with van der Waals surface area (Å²) < 4.78 is 6.01. The van der Waals surface area contributed by atoms with Crippen molar-refractivity contribution in [3.05, 3.63) is 0 Å². The predicted molar refractivity (Wildman–Crippen MR) is 96.6 cm³/mol. The van der Waals surface area contributed by atoms with Crippen LogP contribution in [-0.4, -0.2) is 71.6 Å². The van der Waals surface area contributed by atoms with E-state index in [0.717, 1.165) is 25.7 Å². The number of hydrogen-bond acceptors (Lipinski definition) is 4. The molecular weight excluding hydrogens is 336 g/mol. The Labute approximate surface area is 155 Å². The second-order valence-corrected chi connectivity index (χ2v) is 7.48. The average Bonchev–Trinajstić information content (AvgIpc) is 2.66. The highest BCUT2D eigenvalue weighted by atomic mass is 16.5. The maximum absolute atomic E-state index is 12.7. The topological polar surface area (TPSA) is 87.2 Å². The summed E-state index contributed by atoms with van der Waals surface area (Å²) in [4.78, 5) is 39.2. The SMILES string of the molecule is CCC(OC1CCCCC1)C(=O)N(C)CC(=O)N1CCC(C(=O)O)CC1. The van der Waals surface area contributed by atoms with E-state index in [1.165, 1.54) is 11.3 Å². The van der Waals surface area contributed by atoms with Gasteiger partial charge in [0.25, 0.3) is 5.91 Å². The standard InChI is InChI=1S/C19H32N2O5/c1-3-16(26-15-7-5-4-6-8-15)18(23)20(2)13-17(22)21-11-9-14(10-12-21)19(24)25/h14-16H,3-13H2,1-2H3,(H,24,25). The van der Waals surface area contributed by atoms with E-state index in [1.807, 2.05) is 6.92 Å². The van der Waals surface area contributed by atoms with Crippen molar-refractivity contribution in [2.45, 2.75) is 70.5 Å². The first-order valence-corrected chi connectivity index (χ1v) is 9.83. The van der Waals surface area contributed by atoms with Gasteiger partial charge in [0.1, 0.15) is 6.10 Å². The van der Waals surface area contributed by atoms with Crippen LogP contribution < -0.4 is 0 Å². The second kappa shape index (κ2) is 9.90. The molecule has 0 bridgehead atoms. The van der Waals surface area contributed by atoms with Gasteiger partial charge in [-0.25, -0.2) is 0 Å². The van der Waals surface area contributed by atoms with Crippen molar-refractivity contribution < 1.29 is 24.2 Å². The van der Waals surface area contributed by atoms with Gasteiger partial charge in [0.2, 0.25) is 5.91 Å². The van der Waals surface area contributed by atoms with Gasteiger partial charge in [0.15, 0.2) is 0 Å². The highest BCUT2D eigenvalue weighted by Crippen LogP contribution is 2.23. The smallest absolute Gasteiger partial charge is 0.306 e. The number of nitrogens with zero attached hydrogens (tertiary/aromatic N) is 2. The van der Waals surface area contributed by atoms with E-state index in [1.54, 1.807) is 11.9 Å². The summed E-state index contributed by atoms with van der Waals surface area (Å²) >= 11 is 0. The normalized spacial score (nSPS) is 20.6. The number of rotatable bonds is 7. The Morgan fingerprint density at radius 2 is 1.73 bits per heavy atom. The number of amides is 2. The minimum absolute atomic E-state index is 0.0150. The summed E-state index contributed by atoms with van der Waals surface area (Å²) in [6.45, 7) is 2.82. The van der Waals surface area contributed by atoms with E-state index in [2.05, 4.69) is 0 Å². The lowest BCUT2D eigenvalue weighted by molar-refractivity contribution is -0.152. The van der Waals surface area contributed by atoms with Crippen molar-refractivity contribution in [2.75, 3.05) is 26.7 Å². The number of piperidine rings is 1. The van der Waals surface area contributed by atoms with E-state index in [0.29, 0.717) is 32.4 Å². The Bertz CT molecular complexity index is 496. The molecule has 0 radical (unpaired) electrons. The number of carbonyl (C=O) groups is 3. The van der Waals surface area contributed by atoms with Crippen molar-refractivity contribution in [1.29, 1.82) is 0 Å². The third-order valence-corrected chi connectivity index (χ3v) is 5.50. The molecule has 0 aromatic carbocycles. The molecule has 7 nitrogen and oxygen atoms in total. The van der Waals surface area contributed by atoms with Gasteiger partial charge in [-0.15, -0.1) is 0 Å². The largest absolute Gasteiger partial charge is 0.481 e. The fourth-order valence-corrected chi connectivity index (χ4v) is 3.77. The second-order valence-electron chi connectivity index (χ2n) is 7.48. The van der Waals surface area contributed by atoms with Crippen LogP contribution in [0.4, 0.5) is 0 Å². The first-order chi connectivity index (χ1) is 12.4. The van der Waals surface area contributed by atoms with Crippen LogP contribution in [0.25, 0.3) is 0 Å². The highest BCUT2D eigenvalue weighted by molar-refractivity contribution is 5.87. The number of carbonyl (C=O) groups excluding carboxylic acids is 2. The lowest BCUT2D eigenvalue weighted by atomic mass is 9.97. The number of carboxylic acids is 1. The van der Waals surface area contributed by atoms with Gasteiger partial charge in [-0.2, -0.15) is 0 Å². The lowest BCUT2D eigenvalue weighted by Crippen LogP contribution is -2.48. The predicted octanol–water partition coefficient (Wildman–Crippen LogP) is 1.90. The molecule has 7 heteroatoms. The van der Waals surface area contributed by atoms with Gasteiger partial charge in [-0.05, 0) is 32.1 Å². The van der Waals surface area contributed by atoms with Crippen molar-refractivity contribution in [3.63, 3.8) is 0 Å². The molecule has 1 unspecified atom stereocenters. The Hall–Kier alpha value is -1.63. The quantitative estimate of drug-likeness (QED) is 0.741. The Kier molecular flexibility index (Phi) is 7.87. The average molecular weight is 368 g/mol. The molecule has 2 amide bonds. The zero-order chi connectivity index (χ0) is 19.1. The summed E-state index contributed by atoms with van der Waals surface area (Å²) in [7, 11) is 1.64. The zero-order valence-electron chi connectivity index (χ0n) is 16.0. The molecule has 1 heterocycles. The molecule has 1 atom stereocenters. The maximum Gasteiger partial charge on any atom is 0.306 e. The molecule has 2 rings (SSSR count). The number of ether oxygens (including phenoxy) is 1. The van der Waals surface area contributed by atoms with Crippen LogP contribution in [0.1, 0.15) is 58.3 Å². The van der Waals surface area contributed by atoms with E-state index in [-0.39, 0.29) is 30.4 Å². The number of likely N-dealkylation sites (tertiary alicyclic amines) is 1. The van der Waals surface area contributed by atoms with Crippen LogP contribution in [-0.2, 0) is 19.1 Å². The van der Waals surface area contributed by atoms with E-state index in [4.69, 9.17) is 9.84 Å². The molecule has 0 aromatic rings. The van der Waals surface area contributed by atoms with Gasteiger partial charge < -0.3 is 19.6 Å². The van der Waals surface area contributed by atoms with Gasteiger partial charge >= 0.3 is 5.97 Å². The zero-order valence-corrected chi connectivity index (χ0v) is 16.0. The van der Waals surface area contributed by atoms with Crippen LogP contribution in [0.3, 0.4) is 0 Å². The molecule has 2 aliphatic rings. The number of likely N-dealkylation sites (N-methyl/N-ethyl adjacent to an activating group) is 1. The fourth-order valence-electron chi connectivity index (χ4n) is 3.77. The molecule has 2 fully saturated rings. The van der Waals surface area contributed by atoms with Gasteiger partial charge in [-0.1, -0.05) is 26.2 Å². The van der Waals surface area contributed by atoms with Crippen molar-refractivity contribution in [2.24, 2.45) is 5.92 Å². The highest BCUT2D eigenvalue weighted by Gasteiger charge is 2.30. The first-order valence-electron chi connectivity index (χ1n) is 9.83. The third-order valence-electron chi connectivity index (χ3n) is 5.50. The Balaban J connectivity index is 1.81. The van der Waals surface area contributed by atoms with Gasteiger partial charge in [0.05, 0.1) is 18.6 Å². The maximum atomic E-state index is 12.7. The number of aliphatic carboxylic acids is 1. The monoisotopic (exact) mass is 368 g/mol. The summed E-state index contributed by atoms with van der Waals surface area (Å²) in [6, 6.07) is 0. The Morgan fingerprint density at radius 3 is 2.27 bits per heavy atom. The molecule has 0 spiro atoms. The van der Waals surface area contributed by atoms with Crippen LogP contribution in [0.5, 0.6) is 0 Å². The fraction of sp³-hybridized carbons (Fsp3) is 0.842. The number of carboxylic acid groups (broad SMARTS) is 1. The first kappa shape index (κ1) is 20.7. The van der Waals surface area contributed by atoms with Crippen LogP contribution in [0.2, 0.25) is 0 Å². The Morgan fingerprint density at radius 1 is 1.12 bits per heavy atom. The van der Waals surface area contributed by atoms with Gasteiger partial charge in [0, 0.05) is 20.1 Å². The molecule has 1 N–H and O–H groups in total. The molecular formula is C19H32N2O5. The molecule has 148 valence electrons. The van der Waals surface area contributed by atoms with Crippen LogP contribution >= 0.6 is 0 Å². The van der Waals surface area contributed by atoms with Gasteiger partial charge in [-0.3, -0.25) is 14.4 Å². The third kappa shape index (κ3) is 5.69. The van der Waals surface area contributed by atoms with Crippen molar-refractivity contribution in [1.82, 2.24) is 9.80 Å². The summed E-state index contributed by atoms with van der Waals surface area (Å²) in [5.41, 5.74) is 0. The number of hydrogen-bond donors (Lipinski definition) is 1. The molecule has 26 heavy (non-hydrogen) atoms. The van der Waals surface area contributed by atoms with Crippen LogP contribution in [0, 0.1) is 5.92 Å². The molecule has 1 saturated heterocycles. The summed E-state index contributed by atoms with van der Waals surface area (Å²) in [5, 5.41) is 9.03. The van der Waals surface area contributed by atoms with E-state index < -0.39 is 12.1 Å². The molecule has 1 aliphatic heterocycles. The van der Waals surface area contributed by atoms with E-state index in [9.17, 15) is 14.4 Å². The minimum atomic E-state index is -0.796. The van der Waals surface area contributed by atoms with Crippen molar-refractivity contribution >= 4 is 17.8 Å². The summed E-state index contributed by atoms with van der Waals surface area (Å²) in [6.07, 6.45) is 6.74. The summed E-state index contributed by atoms with van der Waals surface area (Å²) in [5.74, 6) is -1.44. The minimum Gasteiger partial charge on any atom is -0.481 e. The van der Waals surface area contributed by atoms with Crippen molar-refractivity contribution in [3.8, 4) is 0 Å². The molecule has 1 aliphatic carbocycles. The molecule has 1 saturated carbocycles.